The van der Waals surface area contributed by atoms with E-state index in [0.717, 1.165) is 6.08 Å². The zero-order valence-corrected chi connectivity index (χ0v) is 9.38. The van der Waals surface area contributed by atoms with Gasteiger partial charge in [0.25, 0.3) is 0 Å². The first-order valence-electron chi connectivity index (χ1n) is 4.09. The number of benzene rings is 1. The van der Waals surface area contributed by atoms with Gasteiger partial charge >= 0.3 is 6.09 Å². The second-order valence-corrected chi connectivity index (χ2v) is 3.59. The predicted molar refractivity (Wildman–Crippen MR) is 61.2 cm³/mol. The topological polar surface area (TPSA) is 73.1 Å². The molecule has 16 heavy (non-hydrogen) atoms. The van der Waals surface area contributed by atoms with Crippen LogP contribution in [0.15, 0.2) is 24.3 Å². The van der Waals surface area contributed by atoms with Gasteiger partial charge in [-0.25, -0.2) is 4.79 Å². The van der Waals surface area contributed by atoms with Crippen molar-refractivity contribution >= 4 is 35.0 Å². The Kier molecular flexibility index (Phi) is 4.18. The van der Waals surface area contributed by atoms with E-state index >= 15 is 0 Å². The van der Waals surface area contributed by atoms with Crippen LogP contribution in [0.5, 0.6) is 0 Å². The van der Waals surface area contributed by atoms with E-state index in [4.69, 9.17) is 33.6 Å². The molecule has 0 aliphatic rings. The van der Waals surface area contributed by atoms with Gasteiger partial charge in [-0.15, -0.1) is 0 Å². The van der Waals surface area contributed by atoms with Crippen LogP contribution in [0.2, 0.25) is 10.0 Å². The summed E-state index contributed by atoms with van der Waals surface area (Å²) in [5, 5.41) is 19.9. The van der Waals surface area contributed by atoms with Crippen molar-refractivity contribution in [1.29, 1.82) is 5.26 Å². The Morgan fingerprint density at radius 2 is 2.19 bits per heavy atom. The van der Waals surface area contributed by atoms with E-state index < -0.39 is 6.09 Å². The van der Waals surface area contributed by atoms with Crippen molar-refractivity contribution in [2.75, 3.05) is 0 Å². The molecule has 0 atom stereocenters. The first-order valence-corrected chi connectivity index (χ1v) is 4.85. The van der Waals surface area contributed by atoms with Crippen LogP contribution in [-0.2, 0) is 0 Å². The van der Waals surface area contributed by atoms with E-state index in [9.17, 15) is 4.79 Å². The molecule has 0 radical (unpaired) electrons. The number of allylic oxidation sites excluding steroid dienone is 1. The number of amides is 1. The summed E-state index contributed by atoms with van der Waals surface area (Å²) in [6, 6.07) is 6.28. The molecule has 0 saturated heterocycles. The number of nitriles is 1. The number of nitrogens with zero attached hydrogens (tertiary/aromatic N) is 1. The summed E-state index contributed by atoms with van der Waals surface area (Å²) in [6.45, 7) is 0. The van der Waals surface area contributed by atoms with Crippen molar-refractivity contribution in [1.82, 2.24) is 5.32 Å². The van der Waals surface area contributed by atoms with E-state index in [2.05, 4.69) is 5.32 Å². The van der Waals surface area contributed by atoms with Gasteiger partial charge in [-0.2, -0.15) is 5.26 Å². The minimum atomic E-state index is -1.27. The molecule has 0 saturated carbocycles. The van der Waals surface area contributed by atoms with Crippen LogP contribution in [0.1, 0.15) is 5.56 Å². The summed E-state index contributed by atoms with van der Waals surface area (Å²) in [7, 11) is 0. The van der Waals surface area contributed by atoms with Crippen molar-refractivity contribution in [3.05, 3.63) is 39.9 Å². The summed E-state index contributed by atoms with van der Waals surface area (Å²) in [4.78, 5) is 10.5. The van der Waals surface area contributed by atoms with Crippen LogP contribution >= 0.6 is 23.2 Å². The van der Waals surface area contributed by atoms with Crippen LogP contribution in [0.3, 0.4) is 0 Å². The zero-order valence-electron chi connectivity index (χ0n) is 7.87. The highest BCUT2D eigenvalue weighted by Gasteiger charge is 2.09. The van der Waals surface area contributed by atoms with Gasteiger partial charge in [-0.05, 0) is 18.2 Å². The Hall–Kier alpha value is -1.70. The quantitative estimate of drug-likeness (QED) is 0.799. The van der Waals surface area contributed by atoms with Crippen molar-refractivity contribution < 1.29 is 9.90 Å². The maximum Gasteiger partial charge on any atom is 0.409 e. The van der Waals surface area contributed by atoms with Gasteiger partial charge in [0.05, 0.1) is 16.8 Å². The fourth-order valence-electron chi connectivity index (χ4n) is 1.07. The first-order chi connectivity index (χ1) is 7.54. The smallest absolute Gasteiger partial charge is 0.409 e. The molecule has 1 rings (SSSR count). The van der Waals surface area contributed by atoms with Gasteiger partial charge in [0.1, 0.15) is 0 Å². The molecule has 1 amide bonds. The van der Waals surface area contributed by atoms with Crippen LogP contribution in [0, 0.1) is 11.3 Å². The number of rotatable bonds is 2. The average molecular weight is 257 g/mol. The number of carboxylic acid groups (broad SMARTS) is 1. The second kappa shape index (κ2) is 5.40. The van der Waals surface area contributed by atoms with E-state index in [-0.39, 0.29) is 10.7 Å². The van der Waals surface area contributed by atoms with Crippen LogP contribution in [0.4, 0.5) is 4.79 Å². The number of nitrogens with one attached hydrogen (secondary N) is 1. The maximum atomic E-state index is 10.5. The van der Waals surface area contributed by atoms with E-state index in [1.54, 1.807) is 12.1 Å². The molecule has 0 heterocycles. The zero-order chi connectivity index (χ0) is 12.1. The third kappa shape index (κ3) is 3.16. The van der Waals surface area contributed by atoms with E-state index in [1.165, 1.54) is 12.1 Å². The molecule has 0 unspecified atom stereocenters. The van der Waals surface area contributed by atoms with Crippen molar-refractivity contribution in [3.8, 4) is 6.07 Å². The van der Waals surface area contributed by atoms with Crippen molar-refractivity contribution in [2.24, 2.45) is 0 Å². The Balaban J connectivity index is 3.17. The minimum Gasteiger partial charge on any atom is -0.465 e. The highest BCUT2D eigenvalue weighted by molar-refractivity contribution is 6.35. The second-order valence-electron chi connectivity index (χ2n) is 2.74. The average Bonchev–Trinajstić information content (AvgIpc) is 2.16. The van der Waals surface area contributed by atoms with Gasteiger partial charge in [0.2, 0.25) is 0 Å². The van der Waals surface area contributed by atoms with Crippen LogP contribution < -0.4 is 5.32 Å². The summed E-state index contributed by atoms with van der Waals surface area (Å²) in [5.74, 6) is 0. The lowest BCUT2D eigenvalue weighted by Crippen LogP contribution is -2.19. The summed E-state index contributed by atoms with van der Waals surface area (Å²) in [5.41, 5.74) is 0.506. The Morgan fingerprint density at radius 3 is 2.69 bits per heavy atom. The largest absolute Gasteiger partial charge is 0.465 e. The molecule has 1 aromatic rings. The SMILES string of the molecule is N#C/C=C(\NC(=O)O)c1ccc(Cl)cc1Cl. The van der Waals surface area contributed by atoms with E-state index in [1.807, 2.05) is 0 Å². The molecule has 0 aliphatic heterocycles. The van der Waals surface area contributed by atoms with Crippen molar-refractivity contribution in [2.45, 2.75) is 0 Å². The molecule has 0 bridgehead atoms. The molecule has 6 heteroatoms. The van der Waals surface area contributed by atoms with Gasteiger partial charge in [0.15, 0.2) is 0 Å². The standard InChI is InChI=1S/C10H6Cl2N2O2/c11-6-1-2-7(8(12)5-6)9(3-4-13)14-10(15)16/h1-3,5,14H,(H,15,16)/b9-3-. The number of hydrogen-bond acceptors (Lipinski definition) is 2. The van der Waals surface area contributed by atoms with Crippen LogP contribution in [0.25, 0.3) is 5.70 Å². The molecular weight excluding hydrogens is 251 g/mol. The van der Waals surface area contributed by atoms with Gasteiger partial charge in [-0.1, -0.05) is 23.2 Å². The van der Waals surface area contributed by atoms with Crippen molar-refractivity contribution in [3.63, 3.8) is 0 Å². The lowest BCUT2D eigenvalue weighted by atomic mass is 10.1. The Labute approximate surface area is 102 Å². The molecule has 2 N–H and O–H groups in total. The number of halogens is 2. The summed E-state index contributed by atoms with van der Waals surface area (Å²) >= 11 is 11.6. The predicted octanol–water partition coefficient (Wildman–Crippen LogP) is 3.13. The molecule has 0 spiro atoms. The van der Waals surface area contributed by atoms with Gasteiger partial charge in [0, 0.05) is 16.7 Å². The normalized spacial score (nSPS) is 10.7. The molecule has 0 fully saturated rings. The Bertz CT molecular complexity index is 492. The summed E-state index contributed by atoms with van der Waals surface area (Å²) < 4.78 is 0. The molecule has 82 valence electrons. The highest BCUT2D eigenvalue weighted by atomic mass is 35.5. The lowest BCUT2D eigenvalue weighted by molar-refractivity contribution is 0.199. The molecule has 0 aliphatic carbocycles. The molecular formula is C10H6Cl2N2O2. The fraction of sp³-hybridized carbons (Fsp3) is 0. The number of carbonyl (C=O) groups is 1. The minimum absolute atomic E-state index is 0.108. The third-order valence-corrected chi connectivity index (χ3v) is 2.22. The molecule has 4 nitrogen and oxygen atoms in total. The first kappa shape index (κ1) is 12.4. The molecule has 1 aromatic carbocycles. The van der Waals surface area contributed by atoms with E-state index in [0.29, 0.717) is 10.6 Å². The van der Waals surface area contributed by atoms with Crippen LogP contribution in [-0.4, -0.2) is 11.2 Å². The maximum absolute atomic E-state index is 10.5. The van der Waals surface area contributed by atoms with Gasteiger partial charge < -0.3 is 5.11 Å². The highest BCUT2D eigenvalue weighted by Crippen LogP contribution is 2.25. The monoisotopic (exact) mass is 256 g/mol. The van der Waals surface area contributed by atoms with Gasteiger partial charge in [-0.3, -0.25) is 5.32 Å². The summed E-state index contributed by atoms with van der Waals surface area (Å²) in [6.07, 6.45) is -0.212. The fourth-order valence-corrected chi connectivity index (χ4v) is 1.58. The molecule has 0 aromatic heterocycles. The lowest BCUT2D eigenvalue weighted by Gasteiger charge is -2.08. The third-order valence-electron chi connectivity index (χ3n) is 1.67. The Morgan fingerprint density at radius 1 is 1.50 bits per heavy atom. The number of hydrogen-bond donors (Lipinski definition) is 2.